The molecule has 0 N–H and O–H groups in total. The fraction of sp³-hybridized carbons (Fsp3) is 0.118. The molecule has 3 rings (SSSR count). The molecule has 1 atom stereocenters. The van der Waals surface area contributed by atoms with E-state index in [-0.39, 0.29) is 11.2 Å². The van der Waals surface area contributed by atoms with Crippen LogP contribution in [0.4, 0.5) is 0 Å². The highest BCUT2D eigenvalue weighted by molar-refractivity contribution is 8.13. The van der Waals surface area contributed by atoms with Crippen LogP contribution in [0.2, 0.25) is 5.02 Å². The second kappa shape index (κ2) is 7.84. The van der Waals surface area contributed by atoms with Crippen molar-refractivity contribution in [3.63, 3.8) is 0 Å². The Hall–Kier alpha value is -1.16. The average molecular weight is 450 g/mol. The molecule has 0 saturated heterocycles. The van der Waals surface area contributed by atoms with Crippen molar-refractivity contribution in [2.24, 2.45) is 0 Å². The topological polar surface area (TPSA) is 44.1 Å². The van der Waals surface area contributed by atoms with Crippen molar-refractivity contribution in [1.82, 2.24) is 9.78 Å². The van der Waals surface area contributed by atoms with Crippen molar-refractivity contribution >= 4 is 56.8 Å². The quantitative estimate of drug-likeness (QED) is 0.332. The average Bonchev–Trinajstić information content (AvgIpc) is 2.92. The fourth-order valence-electron chi connectivity index (χ4n) is 2.43. The summed E-state index contributed by atoms with van der Waals surface area (Å²) >= 11 is 24.2. The predicted octanol–water partition coefficient (Wildman–Crippen LogP) is 6.45. The molecule has 0 radical (unpaired) electrons. The number of halogens is 4. The monoisotopic (exact) mass is 448 g/mol. The molecule has 9 heteroatoms. The SMILES string of the molecule is Cc1nn(-c2ccccc2)c(OC(Cl)c2ccc(Cl)cc2)c1P(=O)(Cl)Cl. The van der Waals surface area contributed by atoms with Crippen LogP contribution in [0.15, 0.2) is 54.6 Å². The summed E-state index contributed by atoms with van der Waals surface area (Å²) in [6, 6.07) is 16.1. The van der Waals surface area contributed by atoms with Crippen LogP contribution in [0.1, 0.15) is 16.8 Å². The van der Waals surface area contributed by atoms with E-state index in [1.54, 1.807) is 31.2 Å². The van der Waals surface area contributed by atoms with Gasteiger partial charge in [0.1, 0.15) is 5.30 Å². The van der Waals surface area contributed by atoms with Crippen molar-refractivity contribution in [3.8, 4) is 11.6 Å². The third-order valence-corrected chi connectivity index (χ3v) is 6.24. The summed E-state index contributed by atoms with van der Waals surface area (Å²) in [4.78, 5) is 0. The third kappa shape index (κ3) is 4.21. The van der Waals surface area contributed by atoms with Gasteiger partial charge < -0.3 is 4.74 Å². The summed E-state index contributed by atoms with van der Waals surface area (Å²) in [5.41, 5.74) is 0.875. The Kier molecular flexibility index (Phi) is 5.91. The predicted molar refractivity (Wildman–Crippen MR) is 108 cm³/mol. The van der Waals surface area contributed by atoms with E-state index in [0.717, 1.165) is 0 Å². The van der Waals surface area contributed by atoms with Gasteiger partial charge >= 0.3 is 0 Å². The van der Waals surface area contributed by atoms with Crippen LogP contribution in [0.25, 0.3) is 5.69 Å². The van der Waals surface area contributed by atoms with Gasteiger partial charge in [-0.1, -0.05) is 53.5 Å². The Bertz CT molecular complexity index is 955. The van der Waals surface area contributed by atoms with E-state index < -0.39 is 11.4 Å². The van der Waals surface area contributed by atoms with Gasteiger partial charge in [-0.05, 0) is 53.7 Å². The van der Waals surface area contributed by atoms with Crippen LogP contribution < -0.4 is 10.0 Å². The first-order valence-electron chi connectivity index (χ1n) is 7.48. The van der Waals surface area contributed by atoms with Gasteiger partial charge in [-0.2, -0.15) is 5.10 Å². The normalized spacial score (nSPS) is 12.8. The Morgan fingerprint density at radius 3 is 2.27 bits per heavy atom. The van der Waals surface area contributed by atoms with Gasteiger partial charge in [-0.3, -0.25) is 4.57 Å². The van der Waals surface area contributed by atoms with Gasteiger partial charge in [0, 0.05) is 10.6 Å². The standard InChI is InChI=1S/C17H13Cl4N2O2P/c1-11-15(26(20,21)24)17(23(22-11)14-5-3-2-4-6-14)25-16(19)12-7-9-13(18)10-8-12/h2-10,16H,1H3. The summed E-state index contributed by atoms with van der Waals surface area (Å²) in [7, 11) is 0. The molecule has 1 unspecified atom stereocenters. The number of nitrogens with zero attached hydrogens (tertiary/aromatic N) is 2. The molecule has 2 aromatic carbocycles. The minimum atomic E-state index is -3.69. The highest BCUT2D eigenvalue weighted by Crippen LogP contribution is 2.58. The number of hydrogen-bond donors (Lipinski definition) is 0. The molecular weight excluding hydrogens is 437 g/mol. The highest BCUT2D eigenvalue weighted by Gasteiger charge is 2.32. The van der Waals surface area contributed by atoms with Gasteiger partial charge in [0.05, 0.1) is 11.4 Å². The lowest BCUT2D eigenvalue weighted by Gasteiger charge is -2.16. The molecular formula is C17H13Cl4N2O2P. The van der Waals surface area contributed by atoms with E-state index in [1.165, 1.54) is 4.68 Å². The summed E-state index contributed by atoms with van der Waals surface area (Å²) in [5, 5.41) is 5.09. The summed E-state index contributed by atoms with van der Waals surface area (Å²) in [5.74, 6) is -3.56. The maximum Gasteiger partial charge on any atom is 0.289 e. The molecule has 1 aromatic heterocycles. The first kappa shape index (κ1) is 19.6. The zero-order valence-corrected chi connectivity index (χ0v) is 17.4. The molecule has 136 valence electrons. The molecule has 0 saturated carbocycles. The lowest BCUT2D eigenvalue weighted by molar-refractivity contribution is 0.270. The lowest BCUT2D eigenvalue weighted by Crippen LogP contribution is -2.11. The first-order valence-corrected chi connectivity index (χ1v) is 11.8. The Labute approximate surface area is 170 Å². The smallest absolute Gasteiger partial charge is 0.289 e. The zero-order chi connectivity index (χ0) is 18.9. The molecule has 0 aliphatic heterocycles. The number of ether oxygens (including phenoxy) is 1. The highest BCUT2D eigenvalue weighted by atomic mass is 35.9. The van der Waals surface area contributed by atoms with Crippen LogP contribution in [-0.2, 0) is 4.57 Å². The van der Waals surface area contributed by atoms with Gasteiger partial charge in [0.25, 0.3) is 5.85 Å². The van der Waals surface area contributed by atoms with E-state index in [2.05, 4.69) is 5.10 Å². The number of aromatic nitrogens is 2. The fourth-order valence-corrected chi connectivity index (χ4v) is 4.74. The van der Waals surface area contributed by atoms with Crippen LogP contribution in [0, 0.1) is 6.92 Å². The number of hydrogen-bond acceptors (Lipinski definition) is 3. The minimum absolute atomic E-state index is 0.129. The molecule has 4 nitrogen and oxygen atoms in total. The van der Waals surface area contributed by atoms with E-state index >= 15 is 0 Å². The van der Waals surface area contributed by atoms with Crippen LogP contribution in [-0.4, -0.2) is 9.78 Å². The Morgan fingerprint density at radius 2 is 1.69 bits per heavy atom. The van der Waals surface area contributed by atoms with Crippen molar-refractivity contribution < 1.29 is 9.30 Å². The van der Waals surface area contributed by atoms with E-state index in [9.17, 15) is 4.57 Å². The van der Waals surface area contributed by atoms with Gasteiger partial charge in [-0.15, -0.1) is 0 Å². The van der Waals surface area contributed by atoms with Crippen molar-refractivity contribution in [2.75, 3.05) is 0 Å². The second-order valence-electron chi connectivity index (χ2n) is 5.43. The van der Waals surface area contributed by atoms with Crippen LogP contribution in [0.3, 0.4) is 0 Å². The van der Waals surface area contributed by atoms with Crippen molar-refractivity contribution in [1.29, 1.82) is 0 Å². The molecule has 0 bridgehead atoms. The maximum absolute atomic E-state index is 12.4. The van der Waals surface area contributed by atoms with Crippen LogP contribution in [0.5, 0.6) is 5.88 Å². The van der Waals surface area contributed by atoms with E-state index in [0.29, 0.717) is 22.0 Å². The van der Waals surface area contributed by atoms with Gasteiger partial charge in [0.15, 0.2) is 5.56 Å². The van der Waals surface area contributed by atoms with E-state index in [4.69, 9.17) is 50.4 Å². The number of rotatable bonds is 5. The molecule has 26 heavy (non-hydrogen) atoms. The molecule has 0 spiro atoms. The molecule has 1 heterocycles. The van der Waals surface area contributed by atoms with Crippen molar-refractivity contribution in [2.45, 2.75) is 12.5 Å². The first-order chi connectivity index (χ1) is 12.3. The summed E-state index contributed by atoms with van der Waals surface area (Å²) in [6.07, 6.45) is 0. The maximum atomic E-state index is 12.4. The summed E-state index contributed by atoms with van der Waals surface area (Å²) in [6.45, 7) is 1.66. The van der Waals surface area contributed by atoms with Gasteiger partial charge in [0.2, 0.25) is 5.88 Å². The lowest BCUT2D eigenvalue weighted by atomic mass is 10.2. The molecule has 0 aliphatic rings. The minimum Gasteiger partial charge on any atom is -0.453 e. The van der Waals surface area contributed by atoms with Crippen molar-refractivity contribution in [3.05, 3.63) is 70.9 Å². The van der Waals surface area contributed by atoms with Gasteiger partial charge in [-0.25, -0.2) is 4.68 Å². The molecule has 0 aliphatic carbocycles. The largest absolute Gasteiger partial charge is 0.453 e. The molecule has 3 aromatic rings. The number of aryl methyl sites for hydroxylation is 1. The Morgan fingerprint density at radius 1 is 1.08 bits per heavy atom. The second-order valence-corrected chi connectivity index (χ2v) is 11.0. The number of benzene rings is 2. The van der Waals surface area contributed by atoms with Crippen LogP contribution >= 0.6 is 51.5 Å². The molecule has 0 fully saturated rings. The zero-order valence-electron chi connectivity index (χ0n) is 13.4. The van der Waals surface area contributed by atoms with E-state index in [1.807, 2.05) is 30.3 Å². The summed E-state index contributed by atoms with van der Waals surface area (Å²) < 4.78 is 19.8. The number of alkyl halides is 1. The number of para-hydroxylation sites is 1. The third-order valence-electron chi connectivity index (χ3n) is 3.60. The molecule has 0 amide bonds. The Balaban J connectivity index is 2.09.